The van der Waals surface area contributed by atoms with E-state index in [-0.39, 0.29) is 5.82 Å². The molecule has 4 aromatic rings. The Hall–Kier alpha value is -3.72. The lowest BCUT2D eigenvalue weighted by molar-refractivity contribution is 0.245. The molecule has 35 heavy (non-hydrogen) atoms. The molecule has 1 N–H and O–H groups in total. The number of nitrogens with one attached hydrogen (secondary N) is 1. The molecule has 9 heteroatoms. The van der Waals surface area contributed by atoms with E-state index in [0.29, 0.717) is 48.9 Å². The Balaban J connectivity index is 1.49. The molecule has 0 spiro atoms. The predicted octanol–water partition coefficient (Wildman–Crippen LogP) is 2.55. The van der Waals surface area contributed by atoms with Gasteiger partial charge in [0, 0.05) is 45.3 Å². The Morgan fingerprint density at radius 3 is 2.46 bits per heavy atom. The van der Waals surface area contributed by atoms with Crippen molar-refractivity contribution in [1.29, 1.82) is 0 Å². The van der Waals surface area contributed by atoms with Crippen molar-refractivity contribution in [3.63, 3.8) is 0 Å². The van der Waals surface area contributed by atoms with Gasteiger partial charge in [0.25, 0.3) is 5.56 Å². The number of halogens is 1. The lowest BCUT2D eigenvalue weighted by Crippen LogP contribution is -2.47. The molecular formula is C26H29FN6O2. The topological polar surface area (TPSA) is 79.2 Å². The lowest BCUT2D eigenvalue weighted by atomic mass is 10.1. The summed E-state index contributed by atoms with van der Waals surface area (Å²) in [5.41, 5.74) is 3.87. The lowest BCUT2D eigenvalue weighted by Gasteiger charge is -2.35. The minimum absolute atomic E-state index is 0.189. The number of hydrogen-bond acceptors (Lipinski definition) is 5. The molecule has 3 heterocycles. The van der Waals surface area contributed by atoms with Gasteiger partial charge in [-0.3, -0.25) is 23.8 Å². The number of imidazole rings is 1. The van der Waals surface area contributed by atoms with Crippen LogP contribution in [0.2, 0.25) is 0 Å². The van der Waals surface area contributed by atoms with Gasteiger partial charge in [-0.1, -0.05) is 42.0 Å². The van der Waals surface area contributed by atoms with Gasteiger partial charge in [0.05, 0.1) is 6.54 Å². The Morgan fingerprint density at radius 2 is 1.71 bits per heavy atom. The summed E-state index contributed by atoms with van der Waals surface area (Å²) in [6.07, 6.45) is 0. The zero-order chi connectivity index (χ0) is 24.7. The van der Waals surface area contributed by atoms with Crippen molar-refractivity contribution in [2.75, 3.05) is 31.1 Å². The largest absolute Gasteiger partial charge is 0.340 e. The highest BCUT2D eigenvalue weighted by molar-refractivity contribution is 5.74. The summed E-state index contributed by atoms with van der Waals surface area (Å²) < 4.78 is 17.4. The first-order valence-corrected chi connectivity index (χ1v) is 11.8. The smallest absolute Gasteiger partial charge is 0.329 e. The summed E-state index contributed by atoms with van der Waals surface area (Å²) in [7, 11) is 1.62. The van der Waals surface area contributed by atoms with Crippen LogP contribution in [0.5, 0.6) is 0 Å². The van der Waals surface area contributed by atoms with E-state index in [0.717, 1.165) is 29.8 Å². The monoisotopic (exact) mass is 476 g/mol. The number of aromatic amines is 1. The summed E-state index contributed by atoms with van der Waals surface area (Å²) in [6.45, 7) is 7.93. The standard InChI is InChI=1S/C26H29FN6O2/c1-17-8-9-18(2)20(14-17)16-33-22-23(30(3)26(35)29-24(22)34)28-25(33)32-12-10-31(11-13-32)15-19-6-4-5-7-21(19)27/h4-9,14H,10-13,15-16H2,1-3H3,(H,29,34,35). The molecule has 2 aromatic heterocycles. The van der Waals surface area contributed by atoms with Crippen LogP contribution in [0.3, 0.4) is 0 Å². The summed E-state index contributed by atoms with van der Waals surface area (Å²) >= 11 is 0. The van der Waals surface area contributed by atoms with Gasteiger partial charge in [0.1, 0.15) is 5.82 Å². The fourth-order valence-electron chi connectivity index (χ4n) is 4.73. The highest BCUT2D eigenvalue weighted by atomic mass is 19.1. The van der Waals surface area contributed by atoms with Gasteiger partial charge in [-0.25, -0.2) is 9.18 Å². The molecule has 1 fully saturated rings. The van der Waals surface area contributed by atoms with Crippen LogP contribution in [-0.2, 0) is 20.1 Å². The molecular weight excluding hydrogens is 447 g/mol. The Morgan fingerprint density at radius 1 is 0.971 bits per heavy atom. The summed E-state index contributed by atoms with van der Waals surface area (Å²) in [5.74, 6) is 0.475. The quantitative estimate of drug-likeness (QED) is 0.479. The average Bonchev–Trinajstić information content (AvgIpc) is 3.22. The fraction of sp³-hybridized carbons (Fsp3) is 0.346. The molecule has 0 bridgehead atoms. The third-order valence-corrected chi connectivity index (χ3v) is 6.83. The highest BCUT2D eigenvalue weighted by Crippen LogP contribution is 2.24. The van der Waals surface area contributed by atoms with Gasteiger partial charge in [0.2, 0.25) is 5.95 Å². The number of aryl methyl sites for hydroxylation is 3. The fourth-order valence-corrected chi connectivity index (χ4v) is 4.73. The summed E-state index contributed by atoms with van der Waals surface area (Å²) in [5, 5.41) is 0. The van der Waals surface area contributed by atoms with Crippen molar-refractivity contribution in [2.24, 2.45) is 7.05 Å². The van der Waals surface area contributed by atoms with Crippen LogP contribution in [0.15, 0.2) is 52.1 Å². The number of benzene rings is 2. The Kier molecular flexibility index (Phi) is 6.02. The van der Waals surface area contributed by atoms with Crippen molar-refractivity contribution in [1.82, 2.24) is 24.0 Å². The maximum atomic E-state index is 14.1. The SMILES string of the molecule is Cc1ccc(C)c(Cn2c(N3CCN(Cc4ccccc4F)CC3)nc3c2c(=O)[nH]c(=O)n3C)c1. The number of H-pyrrole nitrogens is 1. The van der Waals surface area contributed by atoms with E-state index in [9.17, 15) is 14.0 Å². The van der Waals surface area contributed by atoms with Gasteiger partial charge in [-0.05, 0) is 31.0 Å². The second kappa shape index (κ2) is 9.14. The van der Waals surface area contributed by atoms with Crippen molar-refractivity contribution >= 4 is 17.1 Å². The summed E-state index contributed by atoms with van der Waals surface area (Å²) in [4.78, 5) is 36.7. The molecule has 1 aliphatic rings. The molecule has 1 aliphatic heterocycles. The van der Waals surface area contributed by atoms with Gasteiger partial charge in [0.15, 0.2) is 11.2 Å². The van der Waals surface area contributed by atoms with Crippen molar-refractivity contribution in [2.45, 2.75) is 26.9 Å². The number of piperazine rings is 1. The Labute approximate surface area is 202 Å². The van der Waals surface area contributed by atoms with Crippen LogP contribution in [0.1, 0.15) is 22.3 Å². The van der Waals surface area contributed by atoms with Crippen LogP contribution < -0.4 is 16.1 Å². The third-order valence-electron chi connectivity index (χ3n) is 6.83. The molecule has 0 unspecified atom stereocenters. The van der Waals surface area contributed by atoms with Crippen LogP contribution in [-0.4, -0.2) is 50.2 Å². The number of anilines is 1. The number of fused-ring (bicyclic) bond motifs is 1. The first-order valence-electron chi connectivity index (χ1n) is 11.8. The molecule has 5 rings (SSSR count). The zero-order valence-corrected chi connectivity index (χ0v) is 20.2. The van der Waals surface area contributed by atoms with Crippen LogP contribution in [0.4, 0.5) is 10.3 Å². The molecule has 0 amide bonds. The zero-order valence-electron chi connectivity index (χ0n) is 20.2. The van der Waals surface area contributed by atoms with Crippen LogP contribution in [0, 0.1) is 19.7 Å². The van der Waals surface area contributed by atoms with E-state index in [4.69, 9.17) is 4.98 Å². The predicted molar refractivity (Wildman–Crippen MR) is 135 cm³/mol. The molecule has 0 radical (unpaired) electrons. The third kappa shape index (κ3) is 4.39. The van der Waals surface area contributed by atoms with Crippen molar-refractivity contribution in [3.05, 3.63) is 91.4 Å². The molecule has 8 nitrogen and oxygen atoms in total. The van der Waals surface area contributed by atoms with Crippen LogP contribution in [0.25, 0.3) is 11.2 Å². The van der Waals surface area contributed by atoms with Crippen molar-refractivity contribution < 1.29 is 4.39 Å². The maximum absolute atomic E-state index is 14.1. The highest BCUT2D eigenvalue weighted by Gasteiger charge is 2.25. The molecule has 0 aliphatic carbocycles. The first-order chi connectivity index (χ1) is 16.8. The number of aromatic nitrogens is 4. The van der Waals surface area contributed by atoms with E-state index in [1.54, 1.807) is 13.1 Å². The minimum atomic E-state index is -0.486. The van der Waals surface area contributed by atoms with Gasteiger partial charge in [-0.2, -0.15) is 4.98 Å². The molecule has 0 atom stereocenters. The van der Waals surface area contributed by atoms with Crippen molar-refractivity contribution in [3.8, 4) is 0 Å². The van der Waals surface area contributed by atoms with E-state index in [2.05, 4.69) is 39.9 Å². The number of nitrogens with zero attached hydrogens (tertiary/aromatic N) is 5. The normalized spacial score (nSPS) is 14.7. The second-order valence-electron chi connectivity index (χ2n) is 9.27. The first kappa shape index (κ1) is 23.0. The van der Waals surface area contributed by atoms with Gasteiger partial charge in [-0.15, -0.1) is 0 Å². The summed E-state index contributed by atoms with van der Waals surface area (Å²) in [6, 6.07) is 13.1. The van der Waals surface area contributed by atoms with E-state index < -0.39 is 11.2 Å². The number of rotatable bonds is 5. The Bertz CT molecular complexity index is 1510. The minimum Gasteiger partial charge on any atom is -0.340 e. The molecule has 0 saturated carbocycles. The van der Waals surface area contributed by atoms with Gasteiger partial charge < -0.3 is 4.90 Å². The van der Waals surface area contributed by atoms with Gasteiger partial charge >= 0.3 is 5.69 Å². The van der Waals surface area contributed by atoms with E-state index in [1.165, 1.54) is 10.6 Å². The molecule has 1 saturated heterocycles. The van der Waals surface area contributed by atoms with Crippen LogP contribution >= 0.6 is 0 Å². The van der Waals surface area contributed by atoms with E-state index in [1.807, 2.05) is 23.6 Å². The average molecular weight is 477 g/mol. The second-order valence-corrected chi connectivity index (χ2v) is 9.27. The number of hydrogen-bond donors (Lipinski definition) is 1. The molecule has 182 valence electrons. The maximum Gasteiger partial charge on any atom is 0.329 e. The van der Waals surface area contributed by atoms with E-state index >= 15 is 0 Å². The molecule has 2 aromatic carbocycles.